The number of sulfonamides is 1. The Bertz CT molecular complexity index is 907. The van der Waals surface area contributed by atoms with Gasteiger partial charge in [-0.25, -0.2) is 13.4 Å². The molecule has 4 unspecified atom stereocenters. The fraction of sp³-hybridized carbons (Fsp3) is 0.750. The van der Waals surface area contributed by atoms with E-state index in [0.29, 0.717) is 5.92 Å². The highest BCUT2D eigenvalue weighted by Crippen LogP contribution is 2.36. The SMILES string of the molecule is C[C@H](Nc1nccc(N(CC(C)(C)O)S(C)(=O)=O)n1)C1CC2CC(Cl)CCC2NC1=O. The van der Waals surface area contributed by atoms with Gasteiger partial charge in [-0.3, -0.25) is 9.10 Å². The number of fused-ring (bicyclic) bond motifs is 1. The van der Waals surface area contributed by atoms with Crippen LogP contribution in [-0.2, 0) is 14.8 Å². The van der Waals surface area contributed by atoms with Crippen molar-refractivity contribution in [3.05, 3.63) is 12.3 Å². The fourth-order valence-corrected chi connectivity index (χ4v) is 5.74. The van der Waals surface area contributed by atoms with Gasteiger partial charge in [0.25, 0.3) is 0 Å². The van der Waals surface area contributed by atoms with Crippen LogP contribution < -0.4 is 14.9 Å². The minimum atomic E-state index is -3.67. The van der Waals surface area contributed by atoms with Crippen LogP contribution in [0.1, 0.15) is 46.5 Å². The molecule has 5 atom stereocenters. The highest BCUT2D eigenvalue weighted by atomic mass is 35.5. The van der Waals surface area contributed by atoms with Gasteiger partial charge in [-0.1, -0.05) is 0 Å². The van der Waals surface area contributed by atoms with Gasteiger partial charge >= 0.3 is 0 Å². The maximum atomic E-state index is 12.7. The van der Waals surface area contributed by atoms with Crippen molar-refractivity contribution in [1.82, 2.24) is 15.3 Å². The van der Waals surface area contributed by atoms with E-state index in [1.54, 1.807) is 0 Å². The highest BCUT2D eigenvalue weighted by molar-refractivity contribution is 7.92. The van der Waals surface area contributed by atoms with E-state index in [1.165, 1.54) is 26.1 Å². The second-order valence-corrected chi connectivity index (χ2v) is 11.9. The molecule has 2 heterocycles. The van der Waals surface area contributed by atoms with E-state index in [4.69, 9.17) is 11.6 Å². The summed E-state index contributed by atoms with van der Waals surface area (Å²) in [7, 11) is -3.67. The molecule has 9 nitrogen and oxygen atoms in total. The molecule has 1 amide bonds. The normalized spacial score (nSPS) is 27.7. The van der Waals surface area contributed by atoms with Crippen molar-refractivity contribution in [3.8, 4) is 0 Å². The zero-order valence-electron chi connectivity index (χ0n) is 18.4. The Balaban J connectivity index is 1.74. The van der Waals surface area contributed by atoms with E-state index in [9.17, 15) is 18.3 Å². The first-order chi connectivity index (χ1) is 14.3. The van der Waals surface area contributed by atoms with Crippen molar-refractivity contribution >= 4 is 39.3 Å². The summed E-state index contributed by atoms with van der Waals surface area (Å²) in [6.07, 6.45) is 5.98. The average Bonchev–Trinajstić information content (AvgIpc) is 2.64. The van der Waals surface area contributed by atoms with Crippen molar-refractivity contribution in [2.75, 3.05) is 22.4 Å². The lowest BCUT2D eigenvalue weighted by Crippen LogP contribution is -2.55. The van der Waals surface area contributed by atoms with Crippen LogP contribution in [0.3, 0.4) is 0 Å². The molecule has 1 aliphatic carbocycles. The topological polar surface area (TPSA) is 125 Å². The smallest absolute Gasteiger partial charge is 0.233 e. The number of hydrogen-bond acceptors (Lipinski definition) is 7. The van der Waals surface area contributed by atoms with Gasteiger partial charge < -0.3 is 15.7 Å². The maximum absolute atomic E-state index is 12.7. The minimum absolute atomic E-state index is 0.00483. The molecule has 11 heteroatoms. The zero-order chi connectivity index (χ0) is 23.0. The lowest BCUT2D eigenvalue weighted by Gasteiger charge is -2.42. The zero-order valence-corrected chi connectivity index (χ0v) is 19.9. The number of amides is 1. The lowest BCUT2D eigenvalue weighted by molar-refractivity contribution is -0.130. The minimum Gasteiger partial charge on any atom is -0.389 e. The number of aliphatic hydroxyl groups is 1. The summed E-state index contributed by atoms with van der Waals surface area (Å²) in [6.45, 7) is 4.80. The highest BCUT2D eigenvalue weighted by Gasteiger charge is 2.41. The van der Waals surface area contributed by atoms with Gasteiger partial charge in [-0.05, 0) is 52.4 Å². The van der Waals surface area contributed by atoms with Crippen molar-refractivity contribution in [2.45, 2.75) is 69.5 Å². The van der Waals surface area contributed by atoms with E-state index in [0.717, 1.165) is 36.2 Å². The Morgan fingerprint density at radius 2 is 2.10 bits per heavy atom. The van der Waals surface area contributed by atoms with Gasteiger partial charge in [-0.2, -0.15) is 4.98 Å². The molecule has 1 saturated carbocycles. The van der Waals surface area contributed by atoms with Gasteiger partial charge in [0.1, 0.15) is 5.82 Å². The van der Waals surface area contributed by atoms with E-state index >= 15 is 0 Å². The van der Waals surface area contributed by atoms with Gasteiger partial charge in [0.05, 0.1) is 24.3 Å². The van der Waals surface area contributed by atoms with Crippen molar-refractivity contribution in [3.63, 3.8) is 0 Å². The van der Waals surface area contributed by atoms with Crippen LogP contribution >= 0.6 is 11.6 Å². The Morgan fingerprint density at radius 3 is 2.74 bits per heavy atom. The standard InChI is InChI=1S/C20H32ClN5O4S/c1-12(15-10-13-9-14(21)5-6-16(13)24-18(15)27)23-19-22-8-7-17(25-19)26(31(4,29)30)11-20(2,3)28/h7-8,12-16,28H,5-6,9-11H2,1-4H3,(H,24,27)(H,22,23,25)/t12-,13?,14?,15?,16?/m0/s1. The van der Waals surface area contributed by atoms with Crippen LogP contribution in [0.4, 0.5) is 11.8 Å². The molecule has 31 heavy (non-hydrogen) atoms. The number of alkyl halides is 1. The number of halogens is 1. The molecule has 174 valence electrons. The maximum Gasteiger partial charge on any atom is 0.233 e. The van der Waals surface area contributed by atoms with Crippen LogP contribution in [-0.4, -0.2) is 65.3 Å². The molecule has 2 aliphatic rings. The summed E-state index contributed by atoms with van der Waals surface area (Å²) in [5.74, 6) is 0.467. The van der Waals surface area contributed by atoms with Crippen LogP contribution in [0, 0.1) is 11.8 Å². The summed E-state index contributed by atoms with van der Waals surface area (Å²) in [4.78, 5) is 21.2. The second-order valence-electron chi connectivity index (χ2n) is 9.38. The quantitative estimate of drug-likeness (QED) is 0.515. The summed E-state index contributed by atoms with van der Waals surface area (Å²) in [5, 5.41) is 16.6. The molecule has 0 radical (unpaired) electrons. The molecule has 3 rings (SSSR count). The molecule has 0 bridgehead atoms. The molecule has 3 N–H and O–H groups in total. The first kappa shape index (κ1) is 24.0. The number of rotatable bonds is 7. The molecular formula is C20H32ClN5O4S. The van der Waals surface area contributed by atoms with E-state index in [-0.39, 0.29) is 47.6 Å². The van der Waals surface area contributed by atoms with Crippen LogP contribution in [0.5, 0.6) is 0 Å². The number of carbonyl (C=O) groups is 1. The number of carbonyl (C=O) groups excluding carboxylic acids is 1. The lowest BCUT2D eigenvalue weighted by atomic mass is 9.74. The molecule has 1 aromatic rings. The summed E-state index contributed by atoms with van der Waals surface area (Å²) < 4.78 is 25.6. The molecule has 0 spiro atoms. The summed E-state index contributed by atoms with van der Waals surface area (Å²) >= 11 is 6.34. The molecular weight excluding hydrogens is 442 g/mol. The van der Waals surface area contributed by atoms with Crippen LogP contribution in [0.2, 0.25) is 0 Å². The largest absolute Gasteiger partial charge is 0.389 e. The molecule has 1 aromatic heterocycles. The Kier molecular flexibility index (Phi) is 7.02. The van der Waals surface area contributed by atoms with Crippen molar-refractivity contribution in [2.24, 2.45) is 11.8 Å². The molecule has 1 saturated heterocycles. The monoisotopic (exact) mass is 473 g/mol. The number of aromatic nitrogens is 2. The van der Waals surface area contributed by atoms with Gasteiger partial charge in [0.2, 0.25) is 21.9 Å². The average molecular weight is 474 g/mol. The van der Waals surface area contributed by atoms with Crippen molar-refractivity contribution in [1.29, 1.82) is 0 Å². The van der Waals surface area contributed by atoms with Gasteiger partial charge in [0, 0.05) is 29.7 Å². The molecule has 1 aliphatic heterocycles. The third-order valence-electron chi connectivity index (χ3n) is 5.93. The fourth-order valence-electron chi connectivity index (χ4n) is 4.39. The molecule has 0 aromatic carbocycles. The third-order valence-corrected chi connectivity index (χ3v) is 7.44. The van der Waals surface area contributed by atoms with E-state index < -0.39 is 15.6 Å². The van der Waals surface area contributed by atoms with E-state index in [2.05, 4.69) is 20.6 Å². The molecule has 2 fully saturated rings. The predicted molar refractivity (Wildman–Crippen MR) is 121 cm³/mol. The number of hydrogen-bond donors (Lipinski definition) is 3. The number of anilines is 2. The third kappa shape index (κ3) is 6.20. The van der Waals surface area contributed by atoms with E-state index in [1.807, 2.05) is 6.92 Å². The Morgan fingerprint density at radius 1 is 1.39 bits per heavy atom. The number of nitrogens with one attached hydrogen (secondary N) is 2. The van der Waals surface area contributed by atoms with Crippen LogP contribution in [0.25, 0.3) is 0 Å². The van der Waals surface area contributed by atoms with Crippen LogP contribution in [0.15, 0.2) is 12.3 Å². The first-order valence-electron chi connectivity index (χ1n) is 10.6. The van der Waals surface area contributed by atoms with Gasteiger partial charge in [-0.15, -0.1) is 11.6 Å². The number of nitrogens with zero attached hydrogens (tertiary/aromatic N) is 3. The van der Waals surface area contributed by atoms with Crippen molar-refractivity contribution < 1.29 is 18.3 Å². The number of piperidine rings is 1. The summed E-state index contributed by atoms with van der Waals surface area (Å²) in [5.41, 5.74) is -1.24. The predicted octanol–water partition coefficient (Wildman–Crippen LogP) is 1.73. The second kappa shape index (κ2) is 9.07. The first-order valence-corrected chi connectivity index (χ1v) is 12.9. The Labute approximate surface area is 189 Å². The Hall–Kier alpha value is -1.65. The van der Waals surface area contributed by atoms with Gasteiger partial charge in [0.15, 0.2) is 0 Å². The summed E-state index contributed by atoms with van der Waals surface area (Å²) in [6, 6.07) is 1.41.